The average Bonchev–Trinajstić information content (AvgIpc) is 3.05. The van der Waals surface area contributed by atoms with Crippen LogP contribution in [0.4, 0.5) is 0 Å². The molecule has 2 aromatic carbocycles. The van der Waals surface area contributed by atoms with Crippen LogP contribution in [0.25, 0.3) is 11.3 Å². The normalized spacial score (nSPS) is 11.0. The van der Waals surface area contributed by atoms with Crippen LogP contribution >= 0.6 is 0 Å². The summed E-state index contributed by atoms with van der Waals surface area (Å²) >= 11 is 0. The Morgan fingerprint density at radius 1 is 1.07 bits per heavy atom. The lowest BCUT2D eigenvalue weighted by Gasteiger charge is -2.19. The first-order valence-corrected chi connectivity index (χ1v) is 9.25. The van der Waals surface area contributed by atoms with E-state index < -0.39 is 5.97 Å². The third kappa shape index (κ3) is 5.28. The summed E-state index contributed by atoms with van der Waals surface area (Å²) in [5.41, 5.74) is 4.19. The Kier molecular flexibility index (Phi) is 6.39. The summed E-state index contributed by atoms with van der Waals surface area (Å²) < 4.78 is 1.94. The van der Waals surface area contributed by atoms with Crippen molar-refractivity contribution in [3.05, 3.63) is 78.0 Å². The minimum atomic E-state index is -0.804. The zero-order valence-electron chi connectivity index (χ0n) is 15.6. The summed E-state index contributed by atoms with van der Waals surface area (Å²) in [6, 6.07) is 20.3. The van der Waals surface area contributed by atoms with Crippen molar-refractivity contribution in [2.24, 2.45) is 0 Å². The minimum Gasteiger partial charge on any atom is -0.480 e. The van der Waals surface area contributed by atoms with Gasteiger partial charge in [-0.2, -0.15) is 5.10 Å². The number of carbonyl (C=O) groups is 1. The van der Waals surface area contributed by atoms with Crippen LogP contribution in [0.3, 0.4) is 0 Å². The minimum absolute atomic E-state index is 0.0337. The van der Waals surface area contributed by atoms with Gasteiger partial charge in [-0.1, -0.05) is 67.6 Å². The zero-order valence-corrected chi connectivity index (χ0v) is 15.6. The molecule has 0 aliphatic rings. The molecule has 0 saturated heterocycles. The molecule has 0 spiro atoms. The molecule has 0 fully saturated rings. The standard InChI is InChI=1S/C22H25N3O2/c1-2-13-24(17-21(26)27)15-20-16-25(14-18-9-5-3-6-10-18)23-22(20)19-11-7-4-8-12-19/h3-12,16H,2,13-15,17H2,1H3,(H,26,27). The Hall–Kier alpha value is -2.92. The van der Waals surface area contributed by atoms with Crippen molar-refractivity contribution < 1.29 is 9.90 Å². The Morgan fingerprint density at radius 3 is 2.37 bits per heavy atom. The van der Waals surface area contributed by atoms with Gasteiger partial charge in [-0.05, 0) is 18.5 Å². The molecule has 5 nitrogen and oxygen atoms in total. The van der Waals surface area contributed by atoms with Crippen LogP contribution in [0, 0.1) is 0 Å². The van der Waals surface area contributed by atoms with E-state index in [1.165, 1.54) is 5.56 Å². The van der Waals surface area contributed by atoms with Crippen molar-refractivity contribution >= 4 is 5.97 Å². The number of aliphatic carboxylic acids is 1. The van der Waals surface area contributed by atoms with E-state index in [0.29, 0.717) is 13.1 Å². The molecule has 0 aliphatic heterocycles. The number of carboxylic acid groups (broad SMARTS) is 1. The van der Waals surface area contributed by atoms with Gasteiger partial charge >= 0.3 is 5.97 Å². The second-order valence-electron chi connectivity index (χ2n) is 6.66. The highest BCUT2D eigenvalue weighted by Crippen LogP contribution is 2.24. The van der Waals surface area contributed by atoms with Crippen LogP contribution < -0.4 is 0 Å². The van der Waals surface area contributed by atoms with Crippen molar-refractivity contribution in [2.45, 2.75) is 26.4 Å². The van der Waals surface area contributed by atoms with Gasteiger partial charge in [-0.3, -0.25) is 14.4 Å². The molecule has 1 aromatic heterocycles. The predicted octanol–water partition coefficient (Wildman–Crippen LogP) is 3.90. The summed E-state index contributed by atoms with van der Waals surface area (Å²) in [6.07, 6.45) is 2.95. The molecule has 3 aromatic rings. The molecule has 0 amide bonds. The number of benzene rings is 2. The van der Waals surface area contributed by atoms with Gasteiger partial charge in [0.05, 0.1) is 18.8 Å². The van der Waals surface area contributed by atoms with Crippen LogP contribution in [0.2, 0.25) is 0 Å². The van der Waals surface area contributed by atoms with Crippen molar-refractivity contribution in [1.29, 1.82) is 0 Å². The van der Waals surface area contributed by atoms with E-state index in [2.05, 4.69) is 19.1 Å². The Labute approximate surface area is 159 Å². The van der Waals surface area contributed by atoms with Gasteiger partial charge in [-0.25, -0.2) is 0 Å². The van der Waals surface area contributed by atoms with E-state index in [-0.39, 0.29) is 6.54 Å². The molecular formula is C22H25N3O2. The zero-order chi connectivity index (χ0) is 19.1. The maximum Gasteiger partial charge on any atom is 0.317 e. The van der Waals surface area contributed by atoms with Gasteiger partial charge in [0, 0.05) is 23.9 Å². The largest absolute Gasteiger partial charge is 0.480 e. The van der Waals surface area contributed by atoms with E-state index in [1.54, 1.807) is 0 Å². The number of hydrogen-bond acceptors (Lipinski definition) is 3. The first-order chi connectivity index (χ1) is 13.2. The van der Waals surface area contributed by atoms with E-state index >= 15 is 0 Å². The first kappa shape index (κ1) is 18.9. The van der Waals surface area contributed by atoms with Crippen molar-refractivity contribution in [2.75, 3.05) is 13.1 Å². The Balaban J connectivity index is 1.91. The SMILES string of the molecule is CCCN(CC(=O)O)Cc1cn(Cc2ccccc2)nc1-c1ccccc1. The number of carboxylic acids is 1. The van der Waals surface area contributed by atoms with Gasteiger partial charge in [-0.15, -0.1) is 0 Å². The molecule has 27 heavy (non-hydrogen) atoms. The van der Waals surface area contributed by atoms with Crippen LogP contribution in [0.15, 0.2) is 66.9 Å². The highest BCUT2D eigenvalue weighted by atomic mass is 16.4. The predicted molar refractivity (Wildman–Crippen MR) is 106 cm³/mol. The van der Waals surface area contributed by atoms with Gasteiger partial charge in [0.15, 0.2) is 0 Å². The number of hydrogen-bond donors (Lipinski definition) is 1. The molecule has 0 atom stereocenters. The third-order valence-electron chi connectivity index (χ3n) is 4.36. The lowest BCUT2D eigenvalue weighted by atomic mass is 10.1. The van der Waals surface area contributed by atoms with E-state index in [9.17, 15) is 9.90 Å². The molecule has 0 unspecified atom stereocenters. The lowest BCUT2D eigenvalue weighted by molar-refractivity contribution is -0.138. The van der Waals surface area contributed by atoms with Gasteiger partial charge in [0.1, 0.15) is 0 Å². The first-order valence-electron chi connectivity index (χ1n) is 9.25. The number of rotatable bonds is 9. The summed E-state index contributed by atoms with van der Waals surface area (Å²) in [7, 11) is 0. The summed E-state index contributed by atoms with van der Waals surface area (Å²) in [6.45, 7) is 4.09. The number of aromatic nitrogens is 2. The quantitative estimate of drug-likeness (QED) is 0.626. The van der Waals surface area contributed by atoms with Crippen molar-refractivity contribution in [3.63, 3.8) is 0 Å². The maximum absolute atomic E-state index is 11.2. The second kappa shape index (κ2) is 9.14. The van der Waals surface area contributed by atoms with Crippen molar-refractivity contribution in [1.82, 2.24) is 14.7 Å². The fourth-order valence-corrected chi connectivity index (χ4v) is 3.23. The molecular weight excluding hydrogens is 338 g/mol. The molecule has 140 valence electrons. The van der Waals surface area contributed by atoms with Crippen LogP contribution in [-0.4, -0.2) is 38.8 Å². The fourth-order valence-electron chi connectivity index (χ4n) is 3.23. The topological polar surface area (TPSA) is 58.4 Å². The average molecular weight is 363 g/mol. The fraction of sp³-hybridized carbons (Fsp3) is 0.273. The highest BCUT2D eigenvalue weighted by molar-refractivity contribution is 5.69. The molecule has 0 saturated carbocycles. The maximum atomic E-state index is 11.2. The molecule has 1 N–H and O–H groups in total. The summed E-state index contributed by atoms with van der Waals surface area (Å²) in [5.74, 6) is -0.804. The Morgan fingerprint density at radius 2 is 1.74 bits per heavy atom. The molecule has 0 bridgehead atoms. The molecule has 5 heteroatoms. The molecule has 1 heterocycles. The lowest BCUT2D eigenvalue weighted by Crippen LogP contribution is -2.30. The highest BCUT2D eigenvalue weighted by Gasteiger charge is 2.16. The van der Waals surface area contributed by atoms with Crippen LogP contribution in [0.5, 0.6) is 0 Å². The molecule has 0 aliphatic carbocycles. The smallest absolute Gasteiger partial charge is 0.317 e. The monoisotopic (exact) mass is 363 g/mol. The van der Waals surface area contributed by atoms with Crippen molar-refractivity contribution in [3.8, 4) is 11.3 Å². The van der Waals surface area contributed by atoms with E-state index in [4.69, 9.17) is 5.10 Å². The summed E-state index contributed by atoms with van der Waals surface area (Å²) in [5, 5.41) is 14.0. The second-order valence-corrected chi connectivity index (χ2v) is 6.66. The van der Waals surface area contributed by atoms with Gasteiger partial charge in [0.2, 0.25) is 0 Å². The summed E-state index contributed by atoms with van der Waals surface area (Å²) in [4.78, 5) is 13.2. The molecule has 0 radical (unpaired) electrons. The van der Waals surface area contributed by atoms with Gasteiger partial charge in [0.25, 0.3) is 0 Å². The molecule has 3 rings (SSSR count). The Bertz CT molecular complexity index is 860. The number of nitrogens with zero attached hydrogens (tertiary/aromatic N) is 3. The van der Waals surface area contributed by atoms with Crippen LogP contribution in [-0.2, 0) is 17.9 Å². The van der Waals surface area contributed by atoms with E-state index in [1.807, 2.05) is 64.3 Å². The van der Waals surface area contributed by atoms with Crippen LogP contribution in [0.1, 0.15) is 24.5 Å². The van der Waals surface area contributed by atoms with E-state index in [0.717, 1.165) is 29.8 Å². The third-order valence-corrected chi connectivity index (χ3v) is 4.36. The van der Waals surface area contributed by atoms with Gasteiger partial charge < -0.3 is 5.11 Å².